The highest BCUT2D eigenvalue weighted by molar-refractivity contribution is 6.31. The van der Waals surface area contributed by atoms with Gasteiger partial charge in [-0.25, -0.2) is 4.39 Å². The lowest BCUT2D eigenvalue weighted by Gasteiger charge is -2.59. The molecule has 30 heavy (non-hydrogen) atoms. The van der Waals surface area contributed by atoms with E-state index in [1.54, 1.807) is 0 Å². The Morgan fingerprint density at radius 1 is 1.17 bits per heavy atom. The van der Waals surface area contributed by atoms with E-state index >= 15 is 0 Å². The van der Waals surface area contributed by atoms with Gasteiger partial charge in [0.2, 0.25) is 5.91 Å². The molecule has 0 radical (unpaired) electrons. The van der Waals surface area contributed by atoms with Crippen molar-refractivity contribution in [1.29, 1.82) is 0 Å². The van der Waals surface area contributed by atoms with E-state index in [0.29, 0.717) is 24.4 Å². The van der Waals surface area contributed by atoms with Gasteiger partial charge in [0.05, 0.1) is 0 Å². The second kappa shape index (κ2) is 10.1. The third kappa shape index (κ3) is 6.42. The number of amides is 2. The molecule has 0 bridgehead atoms. The zero-order valence-corrected chi connectivity index (χ0v) is 19.5. The Morgan fingerprint density at radius 3 is 2.37 bits per heavy atom. The number of nitrogens with one attached hydrogen (secondary N) is 2. The predicted octanol–water partition coefficient (Wildman–Crippen LogP) is 4.11. The van der Waals surface area contributed by atoms with Crippen LogP contribution in [-0.4, -0.2) is 49.4 Å². The molecule has 0 aromatic heterocycles. The van der Waals surface area contributed by atoms with Gasteiger partial charge in [0.15, 0.2) is 0 Å². The van der Waals surface area contributed by atoms with E-state index in [9.17, 15) is 14.0 Å². The van der Waals surface area contributed by atoms with Crippen molar-refractivity contribution in [3.8, 4) is 0 Å². The van der Waals surface area contributed by atoms with Gasteiger partial charge in [-0.3, -0.25) is 9.59 Å². The molecule has 1 aromatic carbocycles. The third-order valence-corrected chi connectivity index (χ3v) is 5.85. The zero-order chi connectivity index (χ0) is 22.5. The maximum absolute atomic E-state index is 13.4. The molecule has 5 nitrogen and oxygen atoms in total. The maximum Gasteiger partial charge on any atom is 0.251 e. The number of rotatable bonds is 6. The number of halogens is 2. The molecule has 3 rings (SSSR count). The molecule has 1 aliphatic carbocycles. The first-order chi connectivity index (χ1) is 14.1. The van der Waals surface area contributed by atoms with Crippen LogP contribution in [0.4, 0.5) is 4.39 Å². The van der Waals surface area contributed by atoms with E-state index in [1.165, 1.54) is 18.2 Å². The van der Waals surface area contributed by atoms with Gasteiger partial charge in [0.1, 0.15) is 5.82 Å². The number of benzene rings is 1. The Labute approximate surface area is 184 Å². The summed E-state index contributed by atoms with van der Waals surface area (Å²) in [4.78, 5) is 26.4. The van der Waals surface area contributed by atoms with Gasteiger partial charge in [-0.05, 0) is 42.4 Å². The van der Waals surface area contributed by atoms with Crippen molar-refractivity contribution in [1.82, 2.24) is 15.5 Å². The first-order valence-corrected chi connectivity index (χ1v) is 11.2. The molecule has 0 atom stereocenters. The number of likely N-dealkylation sites (tertiary alicyclic amines) is 1. The zero-order valence-electron chi connectivity index (χ0n) is 18.8. The average molecular weight is 440 g/mol. The van der Waals surface area contributed by atoms with E-state index in [4.69, 9.17) is 11.6 Å². The summed E-state index contributed by atoms with van der Waals surface area (Å²) in [6, 6.07) is 3.86. The van der Waals surface area contributed by atoms with Crippen LogP contribution in [0, 0.1) is 22.6 Å². The number of carbonyl (C=O) groups is 2. The molecular formula is C23H35ClFN3O2. The molecule has 1 saturated carbocycles. The van der Waals surface area contributed by atoms with E-state index in [2.05, 4.69) is 15.5 Å². The summed E-state index contributed by atoms with van der Waals surface area (Å²) in [6.45, 7) is 14.0. The summed E-state index contributed by atoms with van der Waals surface area (Å²) in [5.74, 6) is -0.238. The fourth-order valence-electron chi connectivity index (χ4n) is 4.24. The summed E-state index contributed by atoms with van der Waals surface area (Å²) in [6.07, 6.45) is 2.20. The van der Waals surface area contributed by atoms with Gasteiger partial charge in [0.25, 0.3) is 5.91 Å². The number of hydrogen-bond donors (Lipinski definition) is 2. The summed E-state index contributed by atoms with van der Waals surface area (Å²) in [7, 11) is 0. The molecule has 1 aliphatic heterocycles. The number of nitrogens with zero attached hydrogens (tertiary/aromatic N) is 1. The molecule has 7 heteroatoms. The van der Waals surface area contributed by atoms with Crippen LogP contribution in [0.1, 0.15) is 57.8 Å². The fourth-order valence-corrected chi connectivity index (χ4v) is 4.47. The molecule has 2 aliphatic rings. The third-order valence-electron chi connectivity index (χ3n) is 5.63. The molecule has 1 saturated heterocycles. The van der Waals surface area contributed by atoms with E-state index < -0.39 is 5.82 Å². The van der Waals surface area contributed by atoms with E-state index in [-0.39, 0.29) is 27.8 Å². The van der Waals surface area contributed by atoms with Gasteiger partial charge >= 0.3 is 0 Å². The van der Waals surface area contributed by atoms with Gasteiger partial charge in [0, 0.05) is 48.7 Å². The Kier molecular flexibility index (Phi) is 8.28. The Bertz CT molecular complexity index is 729. The van der Waals surface area contributed by atoms with Crippen LogP contribution in [0.5, 0.6) is 0 Å². The van der Waals surface area contributed by atoms with Crippen LogP contribution in [0.3, 0.4) is 0 Å². The minimum absolute atomic E-state index is 0.0850. The molecule has 1 heterocycles. The first-order valence-electron chi connectivity index (χ1n) is 10.8. The van der Waals surface area contributed by atoms with Gasteiger partial charge in [-0.1, -0.05) is 46.2 Å². The van der Waals surface area contributed by atoms with Gasteiger partial charge in [-0.2, -0.15) is 0 Å². The molecule has 2 amide bonds. The highest BCUT2D eigenvalue weighted by Gasteiger charge is 2.51. The molecule has 1 spiro atoms. The SMILES string of the molecule is CC.CC(C)(C)C(=O)NCCN1CC2(CC(CNC(=O)c3cc(F)cc(Cl)c3)C2)C1. The molecule has 1 aromatic rings. The summed E-state index contributed by atoms with van der Waals surface area (Å²) >= 11 is 5.80. The highest BCUT2D eigenvalue weighted by Crippen LogP contribution is 2.51. The van der Waals surface area contributed by atoms with E-state index in [1.807, 2.05) is 34.6 Å². The van der Waals surface area contributed by atoms with Crippen LogP contribution in [0.25, 0.3) is 0 Å². The molecule has 2 fully saturated rings. The molecule has 2 N–H and O–H groups in total. The Morgan fingerprint density at radius 2 is 1.80 bits per heavy atom. The Hall–Kier alpha value is -1.66. The fraction of sp³-hybridized carbons (Fsp3) is 0.652. The maximum atomic E-state index is 13.4. The normalized spacial score (nSPS) is 18.0. The van der Waals surface area contributed by atoms with Crippen LogP contribution in [-0.2, 0) is 4.79 Å². The summed E-state index contributed by atoms with van der Waals surface area (Å²) < 4.78 is 13.4. The number of hydrogen-bond acceptors (Lipinski definition) is 3. The van der Waals surface area contributed by atoms with Crippen molar-refractivity contribution in [2.75, 3.05) is 32.7 Å². The lowest BCUT2D eigenvalue weighted by Crippen LogP contribution is -2.64. The monoisotopic (exact) mass is 439 g/mol. The molecule has 0 unspecified atom stereocenters. The van der Waals surface area contributed by atoms with Gasteiger partial charge in [-0.15, -0.1) is 0 Å². The van der Waals surface area contributed by atoms with Crippen LogP contribution < -0.4 is 10.6 Å². The van der Waals surface area contributed by atoms with Crippen molar-refractivity contribution in [2.24, 2.45) is 16.7 Å². The second-order valence-electron chi connectivity index (χ2n) is 9.36. The van der Waals surface area contributed by atoms with Crippen molar-refractivity contribution in [3.05, 3.63) is 34.6 Å². The van der Waals surface area contributed by atoms with Crippen LogP contribution in [0.15, 0.2) is 18.2 Å². The van der Waals surface area contributed by atoms with Crippen molar-refractivity contribution < 1.29 is 14.0 Å². The van der Waals surface area contributed by atoms with Crippen molar-refractivity contribution in [3.63, 3.8) is 0 Å². The number of carbonyl (C=O) groups excluding carboxylic acids is 2. The first kappa shape index (κ1) is 24.6. The van der Waals surface area contributed by atoms with Crippen molar-refractivity contribution in [2.45, 2.75) is 47.5 Å². The van der Waals surface area contributed by atoms with Crippen LogP contribution >= 0.6 is 11.6 Å². The van der Waals surface area contributed by atoms with Crippen LogP contribution in [0.2, 0.25) is 5.02 Å². The predicted molar refractivity (Wildman–Crippen MR) is 119 cm³/mol. The average Bonchev–Trinajstić information content (AvgIpc) is 2.60. The minimum atomic E-state index is -0.506. The summed E-state index contributed by atoms with van der Waals surface area (Å²) in [5.41, 5.74) is 0.288. The quantitative estimate of drug-likeness (QED) is 0.701. The second-order valence-corrected chi connectivity index (χ2v) is 9.80. The topological polar surface area (TPSA) is 61.4 Å². The minimum Gasteiger partial charge on any atom is -0.354 e. The lowest BCUT2D eigenvalue weighted by atomic mass is 9.57. The highest BCUT2D eigenvalue weighted by atomic mass is 35.5. The van der Waals surface area contributed by atoms with E-state index in [0.717, 1.165) is 32.5 Å². The van der Waals surface area contributed by atoms with Gasteiger partial charge < -0.3 is 15.5 Å². The smallest absolute Gasteiger partial charge is 0.251 e. The molecule has 168 valence electrons. The van der Waals surface area contributed by atoms with Crippen molar-refractivity contribution >= 4 is 23.4 Å². The lowest BCUT2D eigenvalue weighted by molar-refractivity contribution is -0.129. The Balaban J connectivity index is 0.00000155. The standard InChI is InChI=1S/C21H29ClFN3O2.C2H6/c1-20(2,3)19(28)24-4-5-26-12-21(13-26)9-14(10-21)11-25-18(27)15-6-16(22)8-17(23)7-15;1-2/h6-8,14H,4-5,9-13H2,1-3H3,(H,24,28)(H,25,27);1-2H3. The summed E-state index contributed by atoms with van der Waals surface area (Å²) in [5, 5.41) is 6.10. The molecular weight excluding hydrogens is 405 g/mol. The largest absolute Gasteiger partial charge is 0.354 e.